The summed E-state index contributed by atoms with van der Waals surface area (Å²) < 4.78 is 7.70. The average Bonchev–Trinajstić information content (AvgIpc) is 3.20. The third kappa shape index (κ3) is 5.05. The maximum atomic E-state index is 10.1. The molecule has 0 spiro atoms. The topological polar surface area (TPSA) is 82.6 Å². The molecular weight excluding hydrogens is 404 g/mol. The van der Waals surface area contributed by atoms with Crippen molar-refractivity contribution < 1.29 is 15.1 Å². The number of hydrogen-bond donors (Lipinski definition) is 2. The molecule has 32 heavy (non-hydrogen) atoms. The zero-order valence-electron chi connectivity index (χ0n) is 18.7. The summed E-state index contributed by atoms with van der Waals surface area (Å²) in [5.41, 5.74) is 4.03. The fourth-order valence-electron chi connectivity index (χ4n) is 4.68. The monoisotopic (exact) mass is 436 g/mol. The van der Waals surface area contributed by atoms with Crippen LogP contribution in [0.3, 0.4) is 0 Å². The molecule has 7 nitrogen and oxygen atoms in total. The molecule has 1 aliphatic carbocycles. The van der Waals surface area contributed by atoms with Crippen LogP contribution in [0.15, 0.2) is 47.9 Å². The van der Waals surface area contributed by atoms with E-state index in [0.717, 1.165) is 74.0 Å². The quantitative estimate of drug-likeness (QED) is 0.215. The summed E-state index contributed by atoms with van der Waals surface area (Å²) in [5.74, 6) is 1.24. The lowest BCUT2D eigenvalue weighted by molar-refractivity contribution is 0.171. The van der Waals surface area contributed by atoms with Gasteiger partial charge in [0, 0.05) is 23.9 Å². The van der Waals surface area contributed by atoms with Gasteiger partial charge >= 0.3 is 0 Å². The van der Waals surface area contributed by atoms with Crippen LogP contribution in [0.4, 0.5) is 0 Å². The smallest absolute Gasteiger partial charge is 0.123 e. The van der Waals surface area contributed by atoms with Gasteiger partial charge in [-0.15, -0.1) is 0 Å². The molecule has 1 aliphatic rings. The van der Waals surface area contributed by atoms with Crippen molar-refractivity contribution in [1.82, 2.24) is 14.5 Å². The molecule has 3 aromatic rings. The fraction of sp³-hybridized carbons (Fsp3) is 0.440. The van der Waals surface area contributed by atoms with Crippen LogP contribution in [0.25, 0.3) is 5.52 Å². The summed E-state index contributed by atoms with van der Waals surface area (Å²) in [4.78, 5) is 2.62. The van der Waals surface area contributed by atoms with E-state index in [0.29, 0.717) is 18.4 Å². The average molecular weight is 437 g/mol. The summed E-state index contributed by atoms with van der Waals surface area (Å²) >= 11 is 0. The van der Waals surface area contributed by atoms with E-state index in [-0.39, 0.29) is 0 Å². The van der Waals surface area contributed by atoms with E-state index < -0.39 is 0 Å². The number of nitrogens with zero attached hydrogens (tertiary/aromatic N) is 4. The molecule has 0 saturated heterocycles. The Morgan fingerprint density at radius 3 is 3.03 bits per heavy atom. The van der Waals surface area contributed by atoms with Gasteiger partial charge in [-0.2, -0.15) is 5.10 Å². The Bertz CT molecular complexity index is 1060. The highest BCUT2D eigenvalue weighted by atomic mass is 16.5. The van der Waals surface area contributed by atoms with Crippen molar-refractivity contribution in [3.63, 3.8) is 0 Å². The van der Waals surface area contributed by atoms with Crippen LogP contribution in [0.5, 0.6) is 11.5 Å². The number of ether oxygens (including phenoxy) is 1. The Balaban J connectivity index is 1.27. The van der Waals surface area contributed by atoms with E-state index in [4.69, 9.17) is 9.94 Å². The molecule has 2 heterocycles. The van der Waals surface area contributed by atoms with Crippen LogP contribution in [0.1, 0.15) is 49.3 Å². The minimum absolute atomic E-state index is 0.449. The third-order valence-corrected chi connectivity index (χ3v) is 6.29. The molecule has 2 aromatic heterocycles. The number of hydrogen-bond acceptors (Lipinski definition) is 6. The molecule has 0 amide bonds. The van der Waals surface area contributed by atoms with Crippen molar-refractivity contribution in [1.29, 1.82) is 0 Å². The van der Waals surface area contributed by atoms with Crippen molar-refractivity contribution in [3.8, 4) is 11.5 Å². The number of pyridine rings is 1. The first-order chi connectivity index (χ1) is 15.7. The van der Waals surface area contributed by atoms with E-state index in [1.54, 1.807) is 16.8 Å². The molecule has 4 rings (SSSR count). The van der Waals surface area contributed by atoms with Gasteiger partial charge in [0.15, 0.2) is 0 Å². The number of unbranched alkanes of at least 4 members (excludes halogenated alkanes) is 1. The SMILES string of the molecule is CCCN(CCCCOc1ccn2ncc(C=NO)c2c1)C1CCc2c(O)cccc2C1. The highest BCUT2D eigenvalue weighted by Gasteiger charge is 2.25. The van der Waals surface area contributed by atoms with Gasteiger partial charge in [0.2, 0.25) is 0 Å². The van der Waals surface area contributed by atoms with Gasteiger partial charge in [0.05, 0.1) is 24.5 Å². The maximum Gasteiger partial charge on any atom is 0.123 e. The number of benzene rings is 1. The Morgan fingerprint density at radius 1 is 1.28 bits per heavy atom. The number of rotatable bonds is 10. The molecule has 0 aliphatic heterocycles. The van der Waals surface area contributed by atoms with Crippen molar-refractivity contribution >= 4 is 11.7 Å². The van der Waals surface area contributed by atoms with Crippen LogP contribution in [0, 0.1) is 0 Å². The van der Waals surface area contributed by atoms with Gasteiger partial charge in [-0.1, -0.05) is 24.2 Å². The van der Waals surface area contributed by atoms with Crippen LogP contribution in [0.2, 0.25) is 0 Å². The predicted octanol–water partition coefficient (Wildman–Crippen LogP) is 4.28. The largest absolute Gasteiger partial charge is 0.508 e. The number of aromatic hydroxyl groups is 1. The van der Waals surface area contributed by atoms with Gasteiger partial charge in [-0.05, 0) is 74.9 Å². The summed E-state index contributed by atoms with van der Waals surface area (Å²) in [5, 5.41) is 26.2. The van der Waals surface area contributed by atoms with Crippen LogP contribution in [-0.2, 0) is 12.8 Å². The Kier molecular flexibility index (Phi) is 7.27. The normalized spacial score (nSPS) is 16.1. The van der Waals surface area contributed by atoms with Gasteiger partial charge in [-0.3, -0.25) is 0 Å². The zero-order chi connectivity index (χ0) is 22.3. The van der Waals surface area contributed by atoms with Crippen LogP contribution in [-0.4, -0.2) is 56.8 Å². The molecule has 0 bridgehead atoms. The molecule has 0 fully saturated rings. The Hall–Kier alpha value is -3.06. The van der Waals surface area contributed by atoms with Crippen LogP contribution < -0.4 is 4.74 Å². The highest BCUT2D eigenvalue weighted by Crippen LogP contribution is 2.30. The minimum atomic E-state index is 0.449. The standard InChI is InChI=1S/C25H32N4O3/c1-2-11-28(21-8-9-23-19(15-21)6-5-7-25(23)30)12-3-4-14-32-22-10-13-29-24(16-22)20(17-26-29)18-27-31/h5-7,10,13,16-18,21,30-31H,2-4,8-9,11-12,14-15H2,1H3. The first kappa shape index (κ1) is 22.1. The first-order valence-corrected chi connectivity index (χ1v) is 11.5. The predicted molar refractivity (Wildman–Crippen MR) is 125 cm³/mol. The fourth-order valence-corrected chi connectivity index (χ4v) is 4.68. The third-order valence-electron chi connectivity index (χ3n) is 6.29. The van der Waals surface area contributed by atoms with Crippen molar-refractivity contribution in [2.45, 2.75) is 51.5 Å². The van der Waals surface area contributed by atoms with Gasteiger partial charge < -0.3 is 20.0 Å². The summed E-state index contributed by atoms with van der Waals surface area (Å²) in [6, 6.07) is 10.3. The summed E-state index contributed by atoms with van der Waals surface area (Å²) in [7, 11) is 0. The second-order valence-corrected chi connectivity index (χ2v) is 8.44. The molecule has 1 aromatic carbocycles. The lowest BCUT2D eigenvalue weighted by Gasteiger charge is -2.35. The molecule has 170 valence electrons. The van der Waals surface area contributed by atoms with Crippen LogP contribution >= 0.6 is 0 Å². The van der Waals surface area contributed by atoms with Crippen molar-refractivity contribution in [2.75, 3.05) is 19.7 Å². The number of phenols is 1. The Morgan fingerprint density at radius 2 is 2.19 bits per heavy atom. The number of oxime groups is 1. The molecule has 0 radical (unpaired) electrons. The molecule has 7 heteroatoms. The summed E-state index contributed by atoms with van der Waals surface area (Å²) in [6.45, 7) is 5.07. The van der Waals surface area contributed by atoms with Crippen molar-refractivity contribution in [3.05, 3.63) is 59.4 Å². The van der Waals surface area contributed by atoms with E-state index in [9.17, 15) is 5.11 Å². The number of aromatic nitrogens is 2. The molecule has 2 N–H and O–H groups in total. The van der Waals surface area contributed by atoms with E-state index >= 15 is 0 Å². The van der Waals surface area contributed by atoms with E-state index in [1.165, 1.54) is 11.8 Å². The van der Waals surface area contributed by atoms with E-state index in [1.807, 2.05) is 24.4 Å². The highest BCUT2D eigenvalue weighted by molar-refractivity contribution is 5.88. The number of fused-ring (bicyclic) bond motifs is 2. The van der Waals surface area contributed by atoms with Gasteiger partial charge in [0.1, 0.15) is 11.5 Å². The number of phenolic OH excluding ortho intramolecular Hbond substituents is 1. The first-order valence-electron chi connectivity index (χ1n) is 11.5. The molecule has 1 unspecified atom stereocenters. The summed E-state index contributed by atoms with van der Waals surface area (Å²) in [6.07, 6.45) is 11.2. The van der Waals surface area contributed by atoms with Crippen molar-refractivity contribution in [2.24, 2.45) is 5.16 Å². The minimum Gasteiger partial charge on any atom is -0.508 e. The maximum absolute atomic E-state index is 10.1. The lowest BCUT2D eigenvalue weighted by atomic mass is 9.86. The second-order valence-electron chi connectivity index (χ2n) is 8.44. The molecule has 1 atom stereocenters. The Labute approximate surface area is 188 Å². The van der Waals surface area contributed by atoms with Gasteiger partial charge in [-0.25, -0.2) is 4.52 Å². The van der Waals surface area contributed by atoms with E-state index in [2.05, 4.69) is 28.1 Å². The van der Waals surface area contributed by atoms with Gasteiger partial charge in [0.25, 0.3) is 0 Å². The second kappa shape index (κ2) is 10.5. The molecule has 0 saturated carbocycles. The zero-order valence-corrected chi connectivity index (χ0v) is 18.7. The lowest BCUT2D eigenvalue weighted by Crippen LogP contribution is -2.40. The molecular formula is C25H32N4O3.